The van der Waals surface area contributed by atoms with Gasteiger partial charge in [0.15, 0.2) is 0 Å². The maximum atomic E-state index is 12.9. The molecule has 0 radical (unpaired) electrons. The van der Waals surface area contributed by atoms with E-state index in [1.807, 2.05) is 0 Å². The van der Waals surface area contributed by atoms with Crippen LogP contribution in [0.1, 0.15) is 5.56 Å². The van der Waals surface area contributed by atoms with Crippen molar-refractivity contribution >= 4 is 23.4 Å². The highest BCUT2D eigenvalue weighted by Gasteiger charge is 2.05. The van der Waals surface area contributed by atoms with Crippen LogP contribution in [0.5, 0.6) is 0 Å². The van der Waals surface area contributed by atoms with Gasteiger partial charge in [-0.15, -0.1) is 0 Å². The summed E-state index contributed by atoms with van der Waals surface area (Å²) in [7, 11) is 1.52. The van der Waals surface area contributed by atoms with E-state index in [0.717, 1.165) is 5.56 Å². The van der Waals surface area contributed by atoms with E-state index in [0.29, 0.717) is 30.9 Å². The molecular weight excluding hydrogens is 365 g/mol. The second kappa shape index (κ2) is 11.6. The summed E-state index contributed by atoms with van der Waals surface area (Å²) in [5, 5.41) is 8.39. The molecule has 0 unspecified atom stereocenters. The molecule has 2 rings (SSSR count). The first-order chi connectivity index (χ1) is 13.6. The van der Waals surface area contributed by atoms with Gasteiger partial charge in [0.1, 0.15) is 12.4 Å². The van der Waals surface area contributed by atoms with E-state index in [1.165, 1.54) is 19.2 Å². The minimum atomic E-state index is -0.576. The van der Waals surface area contributed by atoms with Crippen LogP contribution in [0.4, 0.5) is 20.6 Å². The summed E-state index contributed by atoms with van der Waals surface area (Å²) in [6.45, 7) is 1.04. The first kappa shape index (κ1) is 21.2. The lowest BCUT2D eigenvalue weighted by Gasteiger charge is -2.10. The summed E-state index contributed by atoms with van der Waals surface area (Å²) < 4.78 is 22.6. The molecule has 0 bridgehead atoms. The number of halogens is 1. The topological polar surface area (TPSA) is 88.7 Å². The Morgan fingerprint density at radius 1 is 1.04 bits per heavy atom. The maximum Gasteiger partial charge on any atom is 0.411 e. The van der Waals surface area contributed by atoms with Gasteiger partial charge in [0.25, 0.3) is 0 Å². The quantitative estimate of drug-likeness (QED) is 0.544. The zero-order chi connectivity index (χ0) is 20.2. The van der Waals surface area contributed by atoms with Gasteiger partial charge >= 0.3 is 6.09 Å². The highest BCUT2D eigenvalue weighted by atomic mass is 19.1. The molecule has 3 N–H and O–H groups in total. The van der Waals surface area contributed by atoms with Crippen LogP contribution < -0.4 is 16.0 Å². The number of ether oxygens (including phenoxy) is 2. The SMILES string of the molecule is COCCOC(=O)Nc1cccc(NCC(=O)NCCc2ccc(F)cc2)c1. The Kier molecular flexibility index (Phi) is 8.74. The molecule has 0 aliphatic rings. The van der Waals surface area contributed by atoms with Gasteiger partial charge in [0.2, 0.25) is 5.91 Å². The molecule has 2 aromatic rings. The molecule has 2 aromatic carbocycles. The fourth-order valence-electron chi connectivity index (χ4n) is 2.32. The zero-order valence-corrected chi connectivity index (χ0v) is 15.7. The second-order valence-corrected chi connectivity index (χ2v) is 5.91. The largest absolute Gasteiger partial charge is 0.447 e. The van der Waals surface area contributed by atoms with Crippen LogP contribution in [0, 0.1) is 5.82 Å². The molecule has 0 fully saturated rings. The molecule has 2 amide bonds. The number of anilines is 2. The summed E-state index contributed by atoms with van der Waals surface area (Å²) in [5.74, 6) is -0.448. The summed E-state index contributed by atoms with van der Waals surface area (Å²) >= 11 is 0. The molecule has 0 aliphatic heterocycles. The normalized spacial score (nSPS) is 10.2. The lowest BCUT2D eigenvalue weighted by atomic mass is 10.1. The smallest absolute Gasteiger partial charge is 0.411 e. The lowest BCUT2D eigenvalue weighted by Crippen LogP contribution is -2.31. The molecule has 0 atom stereocenters. The van der Waals surface area contributed by atoms with E-state index >= 15 is 0 Å². The Labute approximate surface area is 163 Å². The number of amides is 2. The third kappa shape index (κ3) is 8.05. The number of rotatable bonds is 10. The van der Waals surface area contributed by atoms with Crippen molar-refractivity contribution in [3.63, 3.8) is 0 Å². The van der Waals surface area contributed by atoms with Crippen LogP contribution in [-0.2, 0) is 20.7 Å². The number of nitrogens with one attached hydrogen (secondary N) is 3. The van der Waals surface area contributed by atoms with E-state index < -0.39 is 6.09 Å². The molecule has 8 heteroatoms. The van der Waals surface area contributed by atoms with Gasteiger partial charge in [-0.2, -0.15) is 0 Å². The summed E-state index contributed by atoms with van der Waals surface area (Å²) in [6, 6.07) is 13.1. The number of carbonyl (C=O) groups is 2. The molecule has 150 valence electrons. The summed E-state index contributed by atoms with van der Waals surface area (Å²) in [6.07, 6.45) is 0.0455. The lowest BCUT2D eigenvalue weighted by molar-refractivity contribution is -0.119. The Morgan fingerprint density at radius 2 is 1.79 bits per heavy atom. The highest BCUT2D eigenvalue weighted by molar-refractivity contribution is 5.86. The molecular formula is C20H24FN3O4. The zero-order valence-electron chi connectivity index (χ0n) is 15.7. The molecule has 0 heterocycles. The van der Waals surface area contributed by atoms with Crippen molar-refractivity contribution in [1.29, 1.82) is 0 Å². The van der Waals surface area contributed by atoms with Crippen LogP contribution in [0.25, 0.3) is 0 Å². The summed E-state index contributed by atoms with van der Waals surface area (Å²) in [4.78, 5) is 23.6. The van der Waals surface area contributed by atoms with Gasteiger partial charge in [0, 0.05) is 25.0 Å². The van der Waals surface area contributed by atoms with Crippen molar-refractivity contribution < 1.29 is 23.5 Å². The van der Waals surface area contributed by atoms with E-state index in [4.69, 9.17) is 9.47 Å². The average Bonchev–Trinajstić information content (AvgIpc) is 2.68. The van der Waals surface area contributed by atoms with Crippen molar-refractivity contribution in [2.45, 2.75) is 6.42 Å². The first-order valence-electron chi connectivity index (χ1n) is 8.84. The fourth-order valence-corrected chi connectivity index (χ4v) is 2.32. The van der Waals surface area contributed by atoms with Gasteiger partial charge in [-0.05, 0) is 42.3 Å². The van der Waals surface area contributed by atoms with Crippen LogP contribution >= 0.6 is 0 Å². The monoisotopic (exact) mass is 389 g/mol. The van der Waals surface area contributed by atoms with Crippen LogP contribution in [0.3, 0.4) is 0 Å². The average molecular weight is 389 g/mol. The van der Waals surface area contributed by atoms with Crippen molar-refractivity contribution in [3.05, 3.63) is 59.9 Å². The molecule has 0 spiro atoms. The van der Waals surface area contributed by atoms with Crippen LogP contribution in [-0.4, -0.2) is 45.4 Å². The van der Waals surface area contributed by atoms with Crippen molar-refractivity contribution in [2.24, 2.45) is 0 Å². The Bertz CT molecular complexity index is 768. The first-order valence-corrected chi connectivity index (χ1v) is 8.84. The Hall–Kier alpha value is -3.13. The number of methoxy groups -OCH3 is 1. The van der Waals surface area contributed by atoms with Gasteiger partial charge in [0.05, 0.1) is 13.2 Å². The van der Waals surface area contributed by atoms with E-state index in [9.17, 15) is 14.0 Å². The minimum absolute atomic E-state index is 0.0884. The third-order valence-electron chi connectivity index (χ3n) is 3.73. The van der Waals surface area contributed by atoms with Gasteiger partial charge in [-0.3, -0.25) is 10.1 Å². The standard InChI is InChI=1S/C20H24FN3O4/c1-27-11-12-28-20(26)24-18-4-2-3-17(13-18)23-14-19(25)22-10-9-15-5-7-16(21)8-6-15/h2-8,13,23H,9-12,14H2,1H3,(H,22,25)(H,24,26). The van der Waals surface area contributed by atoms with Crippen molar-refractivity contribution in [1.82, 2.24) is 5.32 Å². The molecule has 0 saturated heterocycles. The second-order valence-electron chi connectivity index (χ2n) is 5.91. The number of hydrogen-bond donors (Lipinski definition) is 3. The Morgan fingerprint density at radius 3 is 2.54 bits per heavy atom. The Balaban J connectivity index is 1.70. The van der Waals surface area contributed by atoms with Crippen molar-refractivity contribution in [3.8, 4) is 0 Å². The van der Waals surface area contributed by atoms with Gasteiger partial charge in [-0.1, -0.05) is 18.2 Å². The van der Waals surface area contributed by atoms with E-state index in [-0.39, 0.29) is 24.9 Å². The van der Waals surface area contributed by atoms with E-state index in [2.05, 4.69) is 16.0 Å². The molecule has 0 aromatic heterocycles. The highest BCUT2D eigenvalue weighted by Crippen LogP contribution is 2.15. The van der Waals surface area contributed by atoms with Crippen LogP contribution in [0.15, 0.2) is 48.5 Å². The number of carbonyl (C=O) groups excluding carboxylic acids is 2. The third-order valence-corrected chi connectivity index (χ3v) is 3.73. The maximum absolute atomic E-state index is 12.9. The number of hydrogen-bond acceptors (Lipinski definition) is 5. The van der Waals surface area contributed by atoms with Crippen molar-refractivity contribution in [2.75, 3.05) is 44.0 Å². The predicted octanol–water partition coefficient (Wildman–Crippen LogP) is 2.79. The molecule has 28 heavy (non-hydrogen) atoms. The molecule has 0 aliphatic carbocycles. The summed E-state index contributed by atoms with van der Waals surface area (Å²) in [5.41, 5.74) is 2.18. The minimum Gasteiger partial charge on any atom is -0.447 e. The fraction of sp³-hybridized carbons (Fsp3) is 0.300. The molecule has 7 nitrogen and oxygen atoms in total. The predicted molar refractivity (Wildman–Crippen MR) is 105 cm³/mol. The van der Waals surface area contributed by atoms with Crippen LogP contribution in [0.2, 0.25) is 0 Å². The van der Waals surface area contributed by atoms with Gasteiger partial charge in [-0.25, -0.2) is 9.18 Å². The van der Waals surface area contributed by atoms with Gasteiger partial charge < -0.3 is 20.1 Å². The number of benzene rings is 2. The molecule has 0 saturated carbocycles. The van der Waals surface area contributed by atoms with E-state index in [1.54, 1.807) is 36.4 Å².